The van der Waals surface area contributed by atoms with Gasteiger partial charge in [-0.2, -0.15) is 0 Å². The number of hydrogen-bond donors (Lipinski definition) is 1. The Balaban J connectivity index is 1.29. The Bertz CT molecular complexity index is 1560. The van der Waals surface area contributed by atoms with Gasteiger partial charge in [-0.25, -0.2) is 4.98 Å². The number of aryl methyl sites for hydroxylation is 2. The summed E-state index contributed by atoms with van der Waals surface area (Å²) in [4.78, 5) is 47.1. The maximum atomic E-state index is 14.4. The number of allylic oxidation sites excluding steroid dienone is 2. The number of carboxylic acids is 1. The van der Waals surface area contributed by atoms with E-state index in [2.05, 4.69) is 42.2 Å². The highest BCUT2D eigenvalue weighted by atomic mass is 32.1. The van der Waals surface area contributed by atoms with Gasteiger partial charge in [-0.15, -0.1) is 0 Å². The number of benzene rings is 2. The van der Waals surface area contributed by atoms with Crippen LogP contribution in [0, 0.1) is 31.1 Å². The lowest BCUT2D eigenvalue weighted by atomic mass is 9.90. The Hall–Kier alpha value is -3.52. The summed E-state index contributed by atoms with van der Waals surface area (Å²) >= 11 is 1.47. The van der Waals surface area contributed by atoms with Crippen molar-refractivity contribution in [2.24, 2.45) is 17.3 Å². The molecule has 8 heteroatoms. The molecule has 1 amide bonds. The molecule has 226 valence electrons. The Morgan fingerprint density at radius 2 is 1.95 bits per heavy atom. The molecule has 1 saturated heterocycles. The first-order chi connectivity index (χ1) is 20.7. The molecule has 5 atom stereocenters. The van der Waals surface area contributed by atoms with Crippen molar-refractivity contribution in [3.8, 4) is 5.19 Å². The fraction of sp³-hybridized carbons (Fsp3) is 0.486. The minimum Gasteiger partial charge on any atom is -0.481 e. The van der Waals surface area contributed by atoms with Crippen molar-refractivity contribution >= 4 is 39.2 Å². The summed E-state index contributed by atoms with van der Waals surface area (Å²) in [6.45, 7) is 4.38. The summed E-state index contributed by atoms with van der Waals surface area (Å²) in [6.07, 6.45) is 9.60. The Morgan fingerprint density at radius 1 is 1.12 bits per heavy atom. The number of fused-ring (bicyclic) bond motifs is 3. The van der Waals surface area contributed by atoms with Crippen molar-refractivity contribution in [2.45, 2.75) is 83.8 Å². The number of aromatic nitrogens is 1. The molecule has 2 aliphatic heterocycles. The molecule has 1 saturated carbocycles. The Labute approximate surface area is 257 Å². The Kier molecular flexibility index (Phi) is 8.40. The lowest BCUT2D eigenvalue weighted by Crippen LogP contribution is -2.45. The van der Waals surface area contributed by atoms with Gasteiger partial charge in [0.1, 0.15) is 6.10 Å². The van der Waals surface area contributed by atoms with Gasteiger partial charge in [-0.1, -0.05) is 72.2 Å². The van der Waals surface area contributed by atoms with E-state index in [-0.39, 0.29) is 36.5 Å². The third-order valence-corrected chi connectivity index (χ3v) is 10.4. The number of hydrogen-bond acceptors (Lipinski definition) is 6. The van der Waals surface area contributed by atoms with Crippen LogP contribution in [0.5, 0.6) is 5.19 Å². The van der Waals surface area contributed by atoms with Crippen LogP contribution in [-0.2, 0) is 20.8 Å². The third-order valence-electron chi connectivity index (χ3n) is 9.46. The molecule has 0 bridgehead atoms. The van der Waals surface area contributed by atoms with E-state index in [1.807, 2.05) is 31.2 Å². The molecule has 0 radical (unpaired) electrons. The first kappa shape index (κ1) is 29.5. The van der Waals surface area contributed by atoms with E-state index in [0.717, 1.165) is 59.0 Å². The second-order valence-corrected chi connectivity index (χ2v) is 13.8. The monoisotopic (exact) mass is 600 g/mol. The van der Waals surface area contributed by atoms with E-state index in [4.69, 9.17) is 4.74 Å². The maximum Gasteiger partial charge on any atom is 0.310 e. The van der Waals surface area contributed by atoms with E-state index in [9.17, 15) is 19.5 Å². The van der Waals surface area contributed by atoms with E-state index >= 15 is 0 Å². The van der Waals surface area contributed by atoms with Crippen LogP contribution in [0.15, 0.2) is 54.6 Å². The average molecular weight is 601 g/mol. The zero-order valence-corrected chi connectivity index (χ0v) is 25.8. The number of thiazole rings is 1. The second-order valence-electron chi connectivity index (χ2n) is 12.8. The summed E-state index contributed by atoms with van der Waals surface area (Å²) in [5.41, 5.74) is 3.20. The van der Waals surface area contributed by atoms with Crippen LogP contribution in [0.3, 0.4) is 0 Å². The third kappa shape index (κ3) is 6.40. The molecule has 0 unspecified atom stereocenters. The van der Waals surface area contributed by atoms with Gasteiger partial charge in [0.25, 0.3) is 5.19 Å². The number of aliphatic carboxylic acids is 1. The van der Waals surface area contributed by atoms with Gasteiger partial charge < -0.3 is 14.7 Å². The standard InChI is InChI=1S/C35H40N2O5S/c1-22-9-8-10-24(15-22)17-25-11-6-4-3-5-7-12-26-19-35(26,33(40)41)20-30(38)29-18-27(21-37(29)32(25)39)42-34-36-28-14-13-23(2)16-31(28)43-34/h7-10,12-16,25-27,29H,3-6,11,17-21H2,1-2H3,(H,40,41)/b12-7-/t25-,26-,27-,29+,35-/m1/s1. The number of carboxylic acid groups (broad SMARTS) is 1. The van der Waals surface area contributed by atoms with Crippen LogP contribution < -0.4 is 4.74 Å². The van der Waals surface area contributed by atoms with Crippen molar-refractivity contribution in [1.82, 2.24) is 9.88 Å². The topological polar surface area (TPSA) is 96.8 Å². The fourth-order valence-electron chi connectivity index (χ4n) is 6.94. The first-order valence-electron chi connectivity index (χ1n) is 15.5. The van der Waals surface area contributed by atoms with E-state index in [1.54, 1.807) is 4.90 Å². The number of amides is 1. The predicted molar refractivity (Wildman–Crippen MR) is 167 cm³/mol. The van der Waals surface area contributed by atoms with Crippen LogP contribution in [0.25, 0.3) is 10.2 Å². The summed E-state index contributed by atoms with van der Waals surface area (Å²) in [5.74, 6) is -1.54. The lowest BCUT2D eigenvalue weighted by molar-refractivity contribution is -0.147. The van der Waals surface area contributed by atoms with Crippen molar-refractivity contribution in [2.75, 3.05) is 6.54 Å². The molecular formula is C35H40N2O5S. The van der Waals surface area contributed by atoms with Crippen molar-refractivity contribution in [3.05, 3.63) is 71.3 Å². The molecular weight excluding hydrogens is 560 g/mol. The number of rotatable bonds is 5. The van der Waals surface area contributed by atoms with Crippen LogP contribution in [0.4, 0.5) is 0 Å². The van der Waals surface area contributed by atoms with Crippen LogP contribution >= 0.6 is 11.3 Å². The van der Waals surface area contributed by atoms with Gasteiger partial charge in [-0.05, 0) is 75.1 Å². The Morgan fingerprint density at radius 3 is 2.77 bits per heavy atom. The van der Waals surface area contributed by atoms with Crippen LogP contribution in [-0.4, -0.2) is 51.3 Å². The second kappa shape index (κ2) is 12.2. The molecule has 2 aromatic carbocycles. The normalized spacial score (nSPS) is 28.9. The van der Waals surface area contributed by atoms with Crippen molar-refractivity contribution in [3.63, 3.8) is 0 Å². The van der Waals surface area contributed by atoms with Gasteiger partial charge in [0.05, 0.1) is 28.2 Å². The van der Waals surface area contributed by atoms with Crippen molar-refractivity contribution < 1.29 is 24.2 Å². The molecule has 43 heavy (non-hydrogen) atoms. The van der Waals surface area contributed by atoms with E-state index < -0.39 is 23.5 Å². The number of carbonyl (C=O) groups excluding carboxylic acids is 2. The van der Waals surface area contributed by atoms with Crippen molar-refractivity contribution in [1.29, 1.82) is 0 Å². The van der Waals surface area contributed by atoms with Gasteiger partial charge in [0.2, 0.25) is 5.91 Å². The molecule has 6 rings (SSSR count). The molecule has 2 fully saturated rings. The number of ether oxygens (including phenoxy) is 1. The minimum atomic E-state index is -1.08. The molecule has 3 aromatic rings. The van der Waals surface area contributed by atoms with Crippen LogP contribution in [0.2, 0.25) is 0 Å². The van der Waals surface area contributed by atoms with Gasteiger partial charge in [-0.3, -0.25) is 14.4 Å². The molecule has 0 spiro atoms. The number of Topliss-reactive ketones (excluding diaryl/α,β-unsaturated/α-hetero) is 1. The maximum absolute atomic E-state index is 14.4. The number of nitrogens with zero attached hydrogens (tertiary/aromatic N) is 2. The SMILES string of the molecule is Cc1cccc(C[C@H]2CCCCC/C=C\[C@@H]3C[C@@]3(C(=O)O)CC(=O)[C@@H]3C[C@@H](Oc4nc5ccc(C)cc5s4)CN3C2=O)c1. The predicted octanol–water partition coefficient (Wildman–Crippen LogP) is 6.69. The molecule has 1 aromatic heterocycles. The zero-order chi connectivity index (χ0) is 30.1. The summed E-state index contributed by atoms with van der Waals surface area (Å²) in [6, 6.07) is 13.6. The van der Waals surface area contributed by atoms with Crippen LogP contribution in [0.1, 0.15) is 68.1 Å². The fourth-order valence-corrected chi connectivity index (χ4v) is 7.92. The minimum absolute atomic E-state index is 0.0319. The average Bonchev–Trinajstić information content (AvgIpc) is 3.29. The highest BCUT2D eigenvalue weighted by Gasteiger charge is 2.61. The van der Waals surface area contributed by atoms with Gasteiger partial charge in [0.15, 0.2) is 5.78 Å². The molecule has 1 N–H and O–H groups in total. The highest BCUT2D eigenvalue weighted by Crippen LogP contribution is 2.57. The molecule has 3 aliphatic rings. The summed E-state index contributed by atoms with van der Waals surface area (Å²) in [5, 5.41) is 10.7. The highest BCUT2D eigenvalue weighted by molar-refractivity contribution is 7.20. The summed E-state index contributed by atoms with van der Waals surface area (Å²) in [7, 11) is 0. The number of ketones is 1. The van der Waals surface area contributed by atoms with E-state index in [0.29, 0.717) is 24.5 Å². The zero-order valence-electron chi connectivity index (χ0n) is 25.0. The number of carbonyl (C=O) groups is 3. The van der Waals surface area contributed by atoms with Gasteiger partial charge in [0, 0.05) is 18.8 Å². The smallest absolute Gasteiger partial charge is 0.310 e. The molecule has 1 aliphatic carbocycles. The van der Waals surface area contributed by atoms with E-state index in [1.165, 1.54) is 11.3 Å². The molecule has 3 heterocycles. The summed E-state index contributed by atoms with van der Waals surface area (Å²) < 4.78 is 7.38. The lowest BCUT2D eigenvalue weighted by Gasteiger charge is -2.29. The molecule has 7 nitrogen and oxygen atoms in total. The first-order valence-corrected chi connectivity index (χ1v) is 16.4. The largest absolute Gasteiger partial charge is 0.481 e. The quantitative estimate of drug-likeness (QED) is 0.328. The van der Waals surface area contributed by atoms with Gasteiger partial charge >= 0.3 is 5.97 Å².